The van der Waals surface area contributed by atoms with E-state index in [2.05, 4.69) is 15.6 Å². The smallest absolute Gasteiger partial charge is 0.163 e. The number of anilines is 1. The number of aromatic nitrogens is 2. The van der Waals surface area contributed by atoms with E-state index in [-0.39, 0.29) is 0 Å². The third kappa shape index (κ3) is 1.30. The van der Waals surface area contributed by atoms with Gasteiger partial charge in [-0.25, -0.2) is 5.84 Å². The molecule has 3 rings (SSSR count). The first kappa shape index (κ1) is 9.11. The standard InChI is InChI=1S/C11H10N4O/c12-13-10-5-7-6-16-9-4-2-1-3-8(9)11(7)15-14-10/h1-5H,6,12H2,(H,13,14). The molecule has 5 nitrogen and oxygen atoms in total. The summed E-state index contributed by atoms with van der Waals surface area (Å²) in [7, 11) is 0. The molecule has 0 bridgehead atoms. The molecule has 1 aromatic carbocycles. The fraction of sp³-hybridized carbons (Fsp3) is 0.0909. The molecule has 0 saturated heterocycles. The summed E-state index contributed by atoms with van der Waals surface area (Å²) >= 11 is 0. The Morgan fingerprint density at radius 1 is 1.25 bits per heavy atom. The van der Waals surface area contributed by atoms with Crippen LogP contribution in [0.4, 0.5) is 5.82 Å². The molecule has 1 aromatic heterocycles. The second kappa shape index (κ2) is 3.46. The molecule has 1 aliphatic heterocycles. The van der Waals surface area contributed by atoms with Gasteiger partial charge in [-0.2, -0.15) is 0 Å². The van der Waals surface area contributed by atoms with Crippen LogP contribution in [0.25, 0.3) is 11.3 Å². The molecule has 0 aliphatic carbocycles. The van der Waals surface area contributed by atoms with Crippen LogP contribution >= 0.6 is 0 Å². The second-order valence-electron chi connectivity index (χ2n) is 3.53. The Bertz CT molecular complexity index is 541. The molecule has 1 aliphatic rings. The molecule has 2 heterocycles. The van der Waals surface area contributed by atoms with Crippen LogP contribution in [-0.2, 0) is 6.61 Å². The Labute approximate surface area is 92.2 Å². The first-order chi connectivity index (χ1) is 7.88. The zero-order valence-electron chi connectivity index (χ0n) is 8.47. The number of hydrazine groups is 1. The van der Waals surface area contributed by atoms with Gasteiger partial charge >= 0.3 is 0 Å². The van der Waals surface area contributed by atoms with Gasteiger partial charge in [0.15, 0.2) is 5.82 Å². The van der Waals surface area contributed by atoms with Crippen molar-refractivity contribution >= 4 is 5.82 Å². The maximum atomic E-state index is 5.61. The van der Waals surface area contributed by atoms with Crippen molar-refractivity contribution in [3.05, 3.63) is 35.9 Å². The van der Waals surface area contributed by atoms with Gasteiger partial charge in [0.05, 0.1) is 0 Å². The molecule has 0 unspecified atom stereocenters. The summed E-state index contributed by atoms with van der Waals surface area (Å²) < 4.78 is 5.61. The number of para-hydroxylation sites is 1. The normalized spacial score (nSPS) is 12.3. The molecule has 16 heavy (non-hydrogen) atoms. The molecule has 3 N–H and O–H groups in total. The number of hydrogen-bond donors (Lipinski definition) is 2. The fourth-order valence-electron chi connectivity index (χ4n) is 1.78. The third-order valence-electron chi connectivity index (χ3n) is 2.55. The summed E-state index contributed by atoms with van der Waals surface area (Å²) in [6, 6.07) is 9.63. The molecule has 0 fully saturated rings. The van der Waals surface area contributed by atoms with Crippen molar-refractivity contribution in [2.45, 2.75) is 6.61 Å². The van der Waals surface area contributed by atoms with Gasteiger partial charge in [0.2, 0.25) is 0 Å². The Kier molecular flexibility index (Phi) is 1.97. The van der Waals surface area contributed by atoms with Gasteiger partial charge in [-0.3, -0.25) is 0 Å². The molecule has 80 valence electrons. The number of hydrogen-bond acceptors (Lipinski definition) is 5. The van der Waals surface area contributed by atoms with E-state index in [0.717, 1.165) is 22.6 Å². The summed E-state index contributed by atoms with van der Waals surface area (Å²) in [4.78, 5) is 0. The Hall–Kier alpha value is -2.14. The maximum absolute atomic E-state index is 5.61. The van der Waals surface area contributed by atoms with Crippen LogP contribution in [0.3, 0.4) is 0 Å². The highest BCUT2D eigenvalue weighted by atomic mass is 16.5. The number of nitrogens with one attached hydrogen (secondary N) is 1. The van der Waals surface area contributed by atoms with E-state index in [9.17, 15) is 0 Å². The minimum absolute atomic E-state index is 0.497. The van der Waals surface area contributed by atoms with Crippen LogP contribution in [-0.4, -0.2) is 10.2 Å². The average molecular weight is 214 g/mol. The number of benzene rings is 1. The molecule has 0 radical (unpaired) electrons. The third-order valence-corrected chi connectivity index (χ3v) is 2.55. The van der Waals surface area contributed by atoms with E-state index >= 15 is 0 Å². The topological polar surface area (TPSA) is 73.1 Å². The summed E-state index contributed by atoms with van der Waals surface area (Å²) in [5, 5.41) is 8.13. The molecule has 2 aromatic rings. The van der Waals surface area contributed by atoms with Crippen LogP contribution in [0.1, 0.15) is 5.56 Å². The number of fused-ring (bicyclic) bond motifs is 3. The minimum atomic E-state index is 0.497. The van der Waals surface area contributed by atoms with Crippen LogP contribution in [0.5, 0.6) is 5.75 Å². The summed E-state index contributed by atoms with van der Waals surface area (Å²) in [6.07, 6.45) is 0. The average Bonchev–Trinajstić information content (AvgIpc) is 2.38. The van der Waals surface area contributed by atoms with Crippen LogP contribution < -0.4 is 16.0 Å². The summed E-state index contributed by atoms with van der Waals surface area (Å²) in [6.45, 7) is 0.497. The first-order valence-corrected chi connectivity index (χ1v) is 4.94. The van der Waals surface area contributed by atoms with Gasteiger partial charge in [-0.05, 0) is 18.2 Å². The van der Waals surface area contributed by atoms with Gasteiger partial charge in [-0.1, -0.05) is 12.1 Å². The largest absolute Gasteiger partial charge is 0.488 e. The van der Waals surface area contributed by atoms with E-state index in [1.165, 1.54) is 0 Å². The molecule has 5 heteroatoms. The Balaban J connectivity index is 2.18. The lowest BCUT2D eigenvalue weighted by Crippen LogP contribution is -2.13. The van der Waals surface area contributed by atoms with Gasteiger partial charge in [0, 0.05) is 11.1 Å². The zero-order valence-corrected chi connectivity index (χ0v) is 8.47. The Morgan fingerprint density at radius 2 is 2.12 bits per heavy atom. The molecule has 0 saturated carbocycles. The number of nitrogen functional groups attached to an aromatic ring is 1. The van der Waals surface area contributed by atoms with Crippen LogP contribution in [0.2, 0.25) is 0 Å². The van der Waals surface area contributed by atoms with E-state index in [1.54, 1.807) is 0 Å². The van der Waals surface area contributed by atoms with E-state index in [0.29, 0.717) is 12.4 Å². The summed E-state index contributed by atoms with van der Waals surface area (Å²) in [5.41, 5.74) is 5.29. The lowest BCUT2D eigenvalue weighted by atomic mass is 10.0. The predicted molar refractivity (Wildman–Crippen MR) is 59.6 cm³/mol. The number of rotatable bonds is 1. The highest BCUT2D eigenvalue weighted by Crippen LogP contribution is 2.35. The SMILES string of the molecule is NNc1cc2c(nn1)-c1ccccc1OC2. The van der Waals surface area contributed by atoms with Crippen molar-refractivity contribution in [1.82, 2.24) is 10.2 Å². The first-order valence-electron chi connectivity index (χ1n) is 4.94. The van der Waals surface area contributed by atoms with E-state index < -0.39 is 0 Å². The van der Waals surface area contributed by atoms with Crippen LogP contribution in [0.15, 0.2) is 30.3 Å². The molecular formula is C11H10N4O. The predicted octanol–water partition coefficient (Wildman–Crippen LogP) is 1.32. The fourth-order valence-corrected chi connectivity index (χ4v) is 1.78. The second-order valence-corrected chi connectivity index (χ2v) is 3.53. The number of nitrogens with zero attached hydrogens (tertiary/aromatic N) is 2. The molecule has 0 spiro atoms. The highest BCUT2D eigenvalue weighted by molar-refractivity contribution is 5.72. The van der Waals surface area contributed by atoms with Crippen molar-refractivity contribution in [3.63, 3.8) is 0 Å². The van der Waals surface area contributed by atoms with Crippen molar-refractivity contribution in [2.24, 2.45) is 5.84 Å². The number of nitrogens with two attached hydrogens (primary N) is 1. The van der Waals surface area contributed by atoms with Gasteiger partial charge < -0.3 is 10.2 Å². The maximum Gasteiger partial charge on any atom is 0.163 e. The lowest BCUT2D eigenvalue weighted by Gasteiger charge is -2.19. The quantitative estimate of drug-likeness (QED) is 0.553. The van der Waals surface area contributed by atoms with Crippen molar-refractivity contribution in [3.8, 4) is 17.0 Å². The van der Waals surface area contributed by atoms with Crippen molar-refractivity contribution in [2.75, 3.05) is 5.43 Å². The molecule has 0 amide bonds. The van der Waals surface area contributed by atoms with E-state index in [4.69, 9.17) is 10.6 Å². The molecule has 0 atom stereocenters. The van der Waals surface area contributed by atoms with Crippen molar-refractivity contribution in [1.29, 1.82) is 0 Å². The monoisotopic (exact) mass is 214 g/mol. The van der Waals surface area contributed by atoms with Crippen LogP contribution in [0, 0.1) is 0 Å². The van der Waals surface area contributed by atoms with Gasteiger partial charge in [0.1, 0.15) is 18.1 Å². The van der Waals surface area contributed by atoms with E-state index in [1.807, 2.05) is 30.3 Å². The summed E-state index contributed by atoms with van der Waals surface area (Å²) in [5.74, 6) is 6.67. The Morgan fingerprint density at radius 3 is 3.00 bits per heavy atom. The molecular weight excluding hydrogens is 204 g/mol. The van der Waals surface area contributed by atoms with Gasteiger partial charge in [-0.15, -0.1) is 10.2 Å². The van der Waals surface area contributed by atoms with Crippen molar-refractivity contribution < 1.29 is 4.74 Å². The highest BCUT2D eigenvalue weighted by Gasteiger charge is 2.18. The zero-order chi connectivity index (χ0) is 11.0. The lowest BCUT2D eigenvalue weighted by molar-refractivity contribution is 0.301. The van der Waals surface area contributed by atoms with Gasteiger partial charge in [0.25, 0.3) is 0 Å². The number of ether oxygens (including phenoxy) is 1. The minimum Gasteiger partial charge on any atom is -0.488 e.